The van der Waals surface area contributed by atoms with Crippen LogP contribution in [0.25, 0.3) is 11.3 Å². The summed E-state index contributed by atoms with van der Waals surface area (Å²) in [5.74, 6) is 0.619. The lowest BCUT2D eigenvalue weighted by Gasteiger charge is -2.24. The van der Waals surface area contributed by atoms with Crippen molar-refractivity contribution in [3.05, 3.63) is 102 Å². The Labute approximate surface area is 213 Å². The van der Waals surface area contributed by atoms with Crippen LogP contribution in [-0.4, -0.2) is 39.0 Å². The number of methoxy groups -OCH3 is 1. The minimum absolute atomic E-state index is 0.212. The lowest BCUT2D eigenvalue weighted by molar-refractivity contribution is 0.246. The Balaban J connectivity index is 1.41. The van der Waals surface area contributed by atoms with E-state index in [1.165, 1.54) is 16.3 Å². The standard InChI is InChI=1S/C29H31N3O3S/c1-31(24-12-7-4-8-13-24)36(33,34)25-16-18-29(35-2)26(20-25)27-17-15-23(30-27)21-32-19-9-14-28(32)22-10-5-3-6-11-22/h3-8,10-13,15-18,20,28,30H,9,14,19,21H2,1-2H3. The van der Waals surface area contributed by atoms with Crippen molar-refractivity contribution >= 4 is 15.7 Å². The third kappa shape index (κ3) is 4.76. The highest BCUT2D eigenvalue weighted by Gasteiger charge is 2.27. The minimum Gasteiger partial charge on any atom is -0.496 e. The second-order valence-corrected chi connectivity index (χ2v) is 11.1. The fourth-order valence-electron chi connectivity index (χ4n) is 4.97. The third-order valence-electron chi connectivity index (χ3n) is 6.91. The van der Waals surface area contributed by atoms with E-state index >= 15 is 0 Å². The lowest BCUT2D eigenvalue weighted by Crippen LogP contribution is -2.26. The molecule has 1 N–H and O–H groups in total. The molecule has 186 valence electrons. The summed E-state index contributed by atoms with van der Waals surface area (Å²) in [6, 6.07) is 29.2. The molecule has 0 bridgehead atoms. The molecule has 0 amide bonds. The molecule has 0 spiro atoms. The van der Waals surface area contributed by atoms with E-state index in [2.05, 4.69) is 46.3 Å². The van der Waals surface area contributed by atoms with E-state index in [4.69, 9.17) is 4.74 Å². The molecule has 0 aliphatic carbocycles. The molecule has 7 heteroatoms. The van der Waals surface area contributed by atoms with Crippen LogP contribution in [0.1, 0.15) is 30.1 Å². The van der Waals surface area contributed by atoms with Crippen LogP contribution < -0.4 is 9.04 Å². The van der Waals surface area contributed by atoms with E-state index in [9.17, 15) is 8.42 Å². The summed E-state index contributed by atoms with van der Waals surface area (Å²) < 4.78 is 33.7. The predicted octanol–water partition coefficient (Wildman–Crippen LogP) is 5.85. The molecule has 1 aliphatic rings. The van der Waals surface area contributed by atoms with E-state index in [1.807, 2.05) is 24.3 Å². The summed E-state index contributed by atoms with van der Waals surface area (Å²) in [4.78, 5) is 6.22. The first-order valence-electron chi connectivity index (χ1n) is 12.2. The summed E-state index contributed by atoms with van der Waals surface area (Å²) in [6.07, 6.45) is 2.33. The quantitative estimate of drug-likeness (QED) is 0.329. The van der Waals surface area contributed by atoms with Crippen molar-refractivity contribution in [3.63, 3.8) is 0 Å². The zero-order valence-corrected chi connectivity index (χ0v) is 21.4. The van der Waals surface area contributed by atoms with Crippen LogP contribution in [0.15, 0.2) is 95.9 Å². The van der Waals surface area contributed by atoms with Crippen LogP contribution in [0.4, 0.5) is 5.69 Å². The molecule has 2 heterocycles. The number of aromatic nitrogens is 1. The maximum absolute atomic E-state index is 13.4. The average Bonchev–Trinajstić information content (AvgIpc) is 3.59. The molecular weight excluding hydrogens is 470 g/mol. The Kier molecular flexibility index (Phi) is 6.85. The SMILES string of the molecule is COc1ccc(S(=O)(=O)N(C)c2ccccc2)cc1-c1ccc(CN2CCCC2c2ccccc2)[nH]1. The van der Waals surface area contributed by atoms with Gasteiger partial charge in [0.2, 0.25) is 0 Å². The Bertz CT molecular complexity index is 1420. The van der Waals surface area contributed by atoms with Gasteiger partial charge in [-0.25, -0.2) is 8.42 Å². The maximum Gasteiger partial charge on any atom is 0.264 e. The fraction of sp³-hybridized carbons (Fsp3) is 0.241. The van der Waals surface area contributed by atoms with Gasteiger partial charge >= 0.3 is 0 Å². The van der Waals surface area contributed by atoms with E-state index in [0.717, 1.165) is 30.9 Å². The van der Waals surface area contributed by atoms with Gasteiger partial charge in [0.05, 0.1) is 17.7 Å². The summed E-state index contributed by atoms with van der Waals surface area (Å²) in [5.41, 5.74) is 4.59. The Morgan fingerprint density at radius 1 is 0.972 bits per heavy atom. The number of benzene rings is 3. The molecule has 3 aromatic carbocycles. The van der Waals surface area contributed by atoms with Gasteiger partial charge in [0.25, 0.3) is 10.0 Å². The van der Waals surface area contributed by atoms with E-state index in [0.29, 0.717) is 23.0 Å². The zero-order chi connectivity index (χ0) is 25.1. The van der Waals surface area contributed by atoms with Gasteiger partial charge in [0, 0.05) is 36.6 Å². The fourth-order valence-corrected chi connectivity index (χ4v) is 6.19. The van der Waals surface area contributed by atoms with Crippen LogP contribution in [0, 0.1) is 0 Å². The molecule has 1 unspecified atom stereocenters. The second kappa shape index (κ2) is 10.2. The third-order valence-corrected chi connectivity index (χ3v) is 8.69. The van der Waals surface area contributed by atoms with Gasteiger partial charge in [-0.05, 0) is 67.4 Å². The van der Waals surface area contributed by atoms with E-state index in [1.54, 1.807) is 44.5 Å². The van der Waals surface area contributed by atoms with Crippen molar-refractivity contribution in [2.24, 2.45) is 0 Å². The normalized spacial score (nSPS) is 16.2. The number of nitrogens with zero attached hydrogens (tertiary/aromatic N) is 2. The van der Waals surface area contributed by atoms with Gasteiger partial charge in [0.15, 0.2) is 0 Å². The van der Waals surface area contributed by atoms with Gasteiger partial charge < -0.3 is 9.72 Å². The molecule has 36 heavy (non-hydrogen) atoms. The van der Waals surface area contributed by atoms with Crippen molar-refractivity contribution < 1.29 is 13.2 Å². The van der Waals surface area contributed by atoms with Gasteiger partial charge in [-0.1, -0.05) is 48.5 Å². The molecule has 0 radical (unpaired) electrons. The number of rotatable bonds is 8. The number of para-hydroxylation sites is 1. The monoisotopic (exact) mass is 501 g/mol. The second-order valence-electron chi connectivity index (χ2n) is 9.11. The van der Waals surface area contributed by atoms with Crippen LogP contribution in [-0.2, 0) is 16.6 Å². The highest BCUT2D eigenvalue weighted by atomic mass is 32.2. The Morgan fingerprint density at radius 3 is 2.42 bits per heavy atom. The molecule has 1 fully saturated rings. The lowest BCUT2D eigenvalue weighted by atomic mass is 10.0. The number of sulfonamides is 1. The topological polar surface area (TPSA) is 65.6 Å². The van der Waals surface area contributed by atoms with Crippen LogP contribution in [0.2, 0.25) is 0 Å². The summed E-state index contributed by atoms with van der Waals surface area (Å²) in [5, 5.41) is 0. The van der Waals surface area contributed by atoms with Crippen molar-refractivity contribution in [1.29, 1.82) is 0 Å². The van der Waals surface area contributed by atoms with Gasteiger partial charge in [-0.15, -0.1) is 0 Å². The number of ether oxygens (including phenoxy) is 1. The molecule has 6 nitrogen and oxygen atoms in total. The number of likely N-dealkylation sites (tertiary alicyclic amines) is 1. The maximum atomic E-state index is 13.4. The summed E-state index contributed by atoms with van der Waals surface area (Å²) >= 11 is 0. The average molecular weight is 502 g/mol. The first-order chi connectivity index (χ1) is 17.5. The van der Waals surface area contributed by atoms with Crippen LogP contribution >= 0.6 is 0 Å². The smallest absolute Gasteiger partial charge is 0.264 e. The molecule has 1 aromatic heterocycles. The van der Waals surface area contributed by atoms with Gasteiger partial charge in [0.1, 0.15) is 5.75 Å². The molecule has 1 aliphatic heterocycles. The Hall–Kier alpha value is -3.55. The van der Waals surface area contributed by atoms with Crippen molar-refractivity contribution in [2.75, 3.05) is 25.0 Å². The summed E-state index contributed by atoms with van der Waals surface area (Å²) in [6.45, 7) is 1.85. The number of anilines is 1. The number of nitrogens with one attached hydrogen (secondary N) is 1. The summed E-state index contributed by atoms with van der Waals surface area (Å²) in [7, 11) is -0.573. The number of hydrogen-bond donors (Lipinski definition) is 1. The molecular formula is C29H31N3O3S. The largest absolute Gasteiger partial charge is 0.496 e. The number of hydrogen-bond acceptors (Lipinski definition) is 4. The van der Waals surface area contributed by atoms with Crippen molar-refractivity contribution in [3.8, 4) is 17.0 Å². The van der Waals surface area contributed by atoms with Gasteiger partial charge in [-0.2, -0.15) is 0 Å². The first-order valence-corrected chi connectivity index (χ1v) is 13.6. The first kappa shape index (κ1) is 24.2. The van der Waals surface area contributed by atoms with Crippen molar-refractivity contribution in [1.82, 2.24) is 9.88 Å². The van der Waals surface area contributed by atoms with Gasteiger partial charge in [-0.3, -0.25) is 9.21 Å². The van der Waals surface area contributed by atoms with Crippen LogP contribution in [0.5, 0.6) is 5.75 Å². The van der Waals surface area contributed by atoms with Crippen LogP contribution in [0.3, 0.4) is 0 Å². The molecule has 4 aromatic rings. The highest BCUT2D eigenvalue weighted by molar-refractivity contribution is 7.92. The highest BCUT2D eigenvalue weighted by Crippen LogP contribution is 2.35. The molecule has 5 rings (SSSR count). The minimum atomic E-state index is -3.74. The number of aromatic amines is 1. The van der Waals surface area contributed by atoms with E-state index in [-0.39, 0.29) is 4.90 Å². The number of H-pyrrole nitrogens is 1. The molecule has 1 atom stereocenters. The molecule has 1 saturated heterocycles. The van der Waals surface area contributed by atoms with E-state index < -0.39 is 10.0 Å². The Morgan fingerprint density at radius 2 is 1.69 bits per heavy atom. The van der Waals surface area contributed by atoms with Crippen molar-refractivity contribution in [2.45, 2.75) is 30.3 Å². The zero-order valence-electron chi connectivity index (χ0n) is 20.6. The molecule has 0 saturated carbocycles. The predicted molar refractivity (Wildman–Crippen MR) is 144 cm³/mol.